The molecule has 3 rings (SSSR count). The fourth-order valence-electron chi connectivity index (χ4n) is 2.35. The molecule has 1 heterocycles. The number of benzene rings is 2. The highest BCUT2D eigenvalue weighted by molar-refractivity contribution is 6.33. The Hall–Kier alpha value is -2.20. The number of para-hydroxylation sites is 1. The van der Waals surface area contributed by atoms with Gasteiger partial charge in [0, 0.05) is 12.2 Å². The highest BCUT2D eigenvalue weighted by Gasteiger charge is 2.25. The first-order valence-corrected chi connectivity index (χ1v) is 6.74. The van der Waals surface area contributed by atoms with E-state index in [9.17, 15) is 4.79 Å². The van der Waals surface area contributed by atoms with Crippen LogP contribution in [0.15, 0.2) is 42.5 Å². The predicted octanol–water partition coefficient (Wildman–Crippen LogP) is 3.52. The lowest BCUT2D eigenvalue weighted by molar-refractivity contribution is 0.257. The van der Waals surface area contributed by atoms with Crippen LogP contribution in [-0.4, -0.2) is 12.6 Å². The molecule has 2 aromatic carbocycles. The normalized spacial score (nSPS) is 13.2. The molecule has 5 heteroatoms. The van der Waals surface area contributed by atoms with E-state index in [1.807, 2.05) is 30.3 Å². The van der Waals surface area contributed by atoms with Gasteiger partial charge in [0.25, 0.3) is 0 Å². The van der Waals surface area contributed by atoms with E-state index in [4.69, 9.17) is 17.3 Å². The van der Waals surface area contributed by atoms with Crippen LogP contribution in [0.2, 0.25) is 5.02 Å². The highest BCUT2D eigenvalue weighted by atomic mass is 35.5. The Balaban J connectivity index is 1.84. The number of halogens is 1. The fourth-order valence-corrected chi connectivity index (χ4v) is 2.54. The second-order valence-corrected chi connectivity index (χ2v) is 5.11. The molecule has 0 atom stereocenters. The fraction of sp³-hybridized carbons (Fsp3) is 0.133. The van der Waals surface area contributed by atoms with Gasteiger partial charge in [-0.05, 0) is 36.2 Å². The number of nitrogens with one attached hydrogen (secondary N) is 1. The third-order valence-corrected chi connectivity index (χ3v) is 3.70. The molecule has 20 heavy (non-hydrogen) atoms. The van der Waals surface area contributed by atoms with Gasteiger partial charge < -0.3 is 11.1 Å². The maximum Gasteiger partial charge on any atom is 0.326 e. The van der Waals surface area contributed by atoms with Gasteiger partial charge in [0.15, 0.2) is 0 Å². The Labute approximate surface area is 122 Å². The van der Waals surface area contributed by atoms with Gasteiger partial charge >= 0.3 is 6.03 Å². The van der Waals surface area contributed by atoms with Gasteiger partial charge in [-0.15, -0.1) is 0 Å². The van der Waals surface area contributed by atoms with Crippen LogP contribution < -0.4 is 16.0 Å². The standard InChI is InChI=1S/C15H14ClN3O/c16-12-3-1-2-4-13(12)18-15(20)19-8-7-10-5-6-11(17)9-14(10)19/h1-6,9H,7-8,17H2,(H,18,20). The van der Waals surface area contributed by atoms with Crippen molar-refractivity contribution in [2.24, 2.45) is 0 Å². The first-order chi connectivity index (χ1) is 9.65. The van der Waals surface area contributed by atoms with Gasteiger partial charge in [-0.25, -0.2) is 4.79 Å². The Kier molecular flexibility index (Phi) is 3.24. The molecule has 2 aromatic rings. The molecule has 2 amide bonds. The molecule has 0 radical (unpaired) electrons. The molecule has 102 valence electrons. The second-order valence-electron chi connectivity index (χ2n) is 4.70. The number of hydrogen-bond acceptors (Lipinski definition) is 2. The number of carbonyl (C=O) groups is 1. The Bertz CT molecular complexity index is 672. The summed E-state index contributed by atoms with van der Waals surface area (Å²) in [6.07, 6.45) is 0.839. The highest BCUT2D eigenvalue weighted by Crippen LogP contribution is 2.31. The first kappa shape index (κ1) is 12.8. The summed E-state index contributed by atoms with van der Waals surface area (Å²) >= 11 is 6.05. The lowest BCUT2D eigenvalue weighted by Gasteiger charge is -2.18. The number of fused-ring (bicyclic) bond motifs is 1. The minimum Gasteiger partial charge on any atom is -0.399 e. The third-order valence-electron chi connectivity index (χ3n) is 3.37. The number of nitrogen functional groups attached to an aromatic ring is 1. The van der Waals surface area contributed by atoms with Crippen molar-refractivity contribution >= 4 is 34.7 Å². The number of carbonyl (C=O) groups excluding carboxylic acids is 1. The topological polar surface area (TPSA) is 58.4 Å². The number of urea groups is 1. The van der Waals surface area contributed by atoms with Crippen LogP contribution in [0.4, 0.5) is 21.9 Å². The third kappa shape index (κ3) is 2.30. The zero-order chi connectivity index (χ0) is 14.1. The summed E-state index contributed by atoms with van der Waals surface area (Å²) in [4.78, 5) is 14.0. The molecule has 3 N–H and O–H groups in total. The number of amides is 2. The molecule has 0 saturated heterocycles. The molecule has 1 aliphatic rings. The van der Waals surface area contributed by atoms with Crippen LogP contribution >= 0.6 is 11.6 Å². The van der Waals surface area contributed by atoms with E-state index in [0.29, 0.717) is 22.9 Å². The van der Waals surface area contributed by atoms with Crippen LogP contribution in [0, 0.1) is 0 Å². The number of hydrogen-bond donors (Lipinski definition) is 2. The van der Waals surface area contributed by atoms with Gasteiger partial charge in [0.1, 0.15) is 0 Å². The van der Waals surface area contributed by atoms with Gasteiger partial charge in [-0.2, -0.15) is 0 Å². The van der Waals surface area contributed by atoms with Crippen LogP contribution in [0.5, 0.6) is 0 Å². The Morgan fingerprint density at radius 3 is 2.85 bits per heavy atom. The van der Waals surface area contributed by atoms with E-state index in [2.05, 4.69) is 5.32 Å². The smallest absolute Gasteiger partial charge is 0.326 e. The molecule has 4 nitrogen and oxygen atoms in total. The van der Waals surface area contributed by atoms with E-state index in [1.54, 1.807) is 17.0 Å². The molecule has 0 bridgehead atoms. The van der Waals surface area contributed by atoms with Gasteiger partial charge in [0.2, 0.25) is 0 Å². The molecule has 0 aromatic heterocycles. The van der Waals surface area contributed by atoms with Crippen LogP contribution in [0.25, 0.3) is 0 Å². The van der Waals surface area contributed by atoms with Crippen molar-refractivity contribution in [3.63, 3.8) is 0 Å². The summed E-state index contributed by atoms with van der Waals surface area (Å²) in [6, 6.07) is 12.6. The largest absolute Gasteiger partial charge is 0.399 e. The maximum atomic E-state index is 12.4. The molecule has 0 unspecified atom stereocenters. The summed E-state index contributed by atoms with van der Waals surface area (Å²) < 4.78 is 0. The van der Waals surface area contributed by atoms with E-state index in [1.165, 1.54) is 0 Å². The van der Waals surface area contributed by atoms with Crippen molar-refractivity contribution in [2.75, 3.05) is 22.5 Å². The number of rotatable bonds is 1. The molecule has 1 aliphatic heterocycles. The van der Waals surface area contributed by atoms with Crippen molar-refractivity contribution in [3.05, 3.63) is 53.1 Å². The van der Waals surface area contributed by atoms with E-state index >= 15 is 0 Å². The zero-order valence-corrected chi connectivity index (χ0v) is 11.5. The Morgan fingerprint density at radius 2 is 2.05 bits per heavy atom. The average Bonchev–Trinajstić information content (AvgIpc) is 2.84. The lowest BCUT2D eigenvalue weighted by atomic mass is 10.1. The monoisotopic (exact) mass is 287 g/mol. The van der Waals surface area contributed by atoms with Crippen molar-refractivity contribution in [2.45, 2.75) is 6.42 Å². The van der Waals surface area contributed by atoms with Crippen molar-refractivity contribution in [1.29, 1.82) is 0 Å². The van der Waals surface area contributed by atoms with Gasteiger partial charge in [0.05, 0.1) is 16.4 Å². The van der Waals surface area contributed by atoms with E-state index in [0.717, 1.165) is 17.7 Å². The number of nitrogens with two attached hydrogens (primary N) is 1. The van der Waals surface area contributed by atoms with Gasteiger partial charge in [-0.1, -0.05) is 29.8 Å². The summed E-state index contributed by atoms with van der Waals surface area (Å²) in [7, 11) is 0. The van der Waals surface area contributed by atoms with Crippen LogP contribution in [-0.2, 0) is 6.42 Å². The van der Waals surface area contributed by atoms with E-state index < -0.39 is 0 Å². The van der Waals surface area contributed by atoms with Crippen molar-refractivity contribution in [3.8, 4) is 0 Å². The molecule has 0 fully saturated rings. The van der Waals surface area contributed by atoms with Crippen LogP contribution in [0.3, 0.4) is 0 Å². The van der Waals surface area contributed by atoms with Gasteiger partial charge in [-0.3, -0.25) is 4.90 Å². The summed E-state index contributed by atoms with van der Waals surface area (Å²) in [6.45, 7) is 0.648. The molecular formula is C15H14ClN3O. The SMILES string of the molecule is Nc1ccc2c(c1)N(C(=O)Nc1ccccc1Cl)CC2. The minimum atomic E-state index is -0.192. The Morgan fingerprint density at radius 1 is 1.25 bits per heavy atom. The summed E-state index contributed by atoms with van der Waals surface area (Å²) in [5, 5.41) is 3.35. The van der Waals surface area contributed by atoms with Crippen molar-refractivity contribution < 1.29 is 4.79 Å². The molecule has 0 aliphatic carbocycles. The molecular weight excluding hydrogens is 274 g/mol. The average molecular weight is 288 g/mol. The van der Waals surface area contributed by atoms with Crippen molar-refractivity contribution in [1.82, 2.24) is 0 Å². The predicted molar refractivity (Wildman–Crippen MR) is 82.4 cm³/mol. The summed E-state index contributed by atoms with van der Waals surface area (Å²) in [5.41, 5.74) is 9.06. The first-order valence-electron chi connectivity index (χ1n) is 6.36. The number of anilines is 3. The number of nitrogens with zero attached hydrogens (tertiary/aromatic N) is 1. The second kappa shape index (κ2) is 5.06. The minimum absolute atomic E-state index is 0.192. The van der Waals surface area contributed by atoms with Crippen LogP contribution in [0.1, 0.15) is 5.56 Å². The lowest BCUT2D eigenvalue weighted by Crippen LogP contribution is -2.33. The molecule has 0 spiro atoms. The van der Waals surface area contributed by atoms with E-state index in [-0.39, 0.29) is 6.03 Å². The zero-order valence-electron chi connectivity index (χ0n) is 10.8. The maximum absolute atomic E-state index is 12.4. The summed E-state index contributed by atoms with van der Waals surface area (Å²) in [5.74, 6) is 0. The molecule has 0 saturated carbocycles. The quantitative estimate of drug-likeness (QED) is 0.789.